The molecule has 7 nitrogen and oxygen atoms in total. The van der Waals surface area contributed by atoms with Gasteiger partial charge >= 0.3 is 0 Å². The Kier molecular flexibility index (Phi) is 11.8. The van der Waals surface area contributed by atoms with Crippen molar-refractivity contribution >= 4 is 45.4 Å². The first-order valence-corrected chi connectivity index (χ1v) is 16.1. The van der Waals surface area contributed by atoms with Crippen molar-refractivity contribution in [2.45, 2.75) is 86.1 Å². The van der Waals surface area contributed by atoms with Gasteiger partial charge in [-0.05, 0) is 32.1 Å². The quantitative estimate of drug-likeness (QED) is 0.151. The molecule has 3 saturated heterocycles. The van der Waals surface area contributed by atoms with Gasteiger partial charge in [0.15, 0.2) is 0 Å². The second-order valence-corrected chi connectivity index (χ2v) is 13.5. The van der Waals surface area contributed by atoms with Gasteiger partial charge in [-0.25, -0.2) is 0 Å². The lowest BCUT2D eigenvalue weighted by Gasteiger charge is -2.38. The number of unbranched alkanes of at least 4 members (excludes halogenated alkanes) is 4. The van der Waals surface area contributed by atoms with Crippen LogP contribution in [0.25, 0.3) is 0 Å². The van der Waals surface area contributed by atoms with Crippen molar-refractivity contribution < 1.29 is 19.5 Å². The van der Waals surface area contributed by atoms with Gasteiger partial charge in [0.2, 0.25) is 17.7 Å². The number of amides is 3. The number of aliphatic hydroxyl groups excluding tert-OH is 1. The van der Waals surface area contributed by atoms with Gasteiger partial charge in [-0.1, -0.05) is 61.2 Å². The minimum atomic E-state index is -0.615. The zero-order chi connectivity index (χ0) is 27.9. The molecular weight excluding hydrogens is 566 g/mol. The summed E-state index contributed by atoms with van der Waals surface area (Å²) in [6, 6.07) is -0.582. The summed E-state index contributed by atoms with van der Waals surface area (Å²) < 4.78 is -0.615. The van der Waals surface area contributed by atoms with E-state index in [2.05, 4.69) is 36.0 Å². The summed E-state index contributed by atoms with van der Waals surface area (Å²) in [5, 5.41) is 9.11. The number of fused-ring (bicyclic) bond motifs is 1. The highest BCUT2D eigenvalue weighted by Crippen LogP contribution is 2.68. The van der Waals surface area contributed by atoms with E-state index < -0.39 is 22.6 Å². The maximum atomic E-state index is 14.3. The molecule has 0 radical (unpaired) electrons. The molecule has 0 aromatic carbocycles. The van der Waals surface area contributed by atoms with Gasteiger partial charge in [-0.3, -0.25) is 14.4 Å². The Morgan fingerprint density at radius 3 is 2.32 bits per heavy atom. The fourth-order valence-corrected chi connectivity index (χ4v) is 10.2. The molecule has 1 N–H and O–H groups in total. The van der Waals surface area contributed by atoms with Crippen LogP contribution in [-0.4, -0.2) is 97.7 Å². The van der Waals surface area contributed by atoms with Gasteiger partial charge in [-0.2, -0.15) is 0 Å². The summed E-state index contributed by atoms with van der Waals surface area (Å²) in [5.74, 6) is -0.982. The average molecular weight is 613 g/mol. The van der Waals surface area contributed by atoms with Crippen molar-refractivity contribution in [3.63, 3.8) is 0 Å². The first kappa shape index (κ1) is 31.2. The van der Waals surface area contributed by atoms with Crippen LogP contribution >= 0.6 is 27.7 Å². The topological polar surface area (TPSA) is 81.2 Å². The Morgan fingerprint density at radius 2 is 1.71 bits per heavy atom. The number of hydrogen-bond donors (Lipinski definition) is 1. The molecule has 0 saturated carbocycles. The highest BCUT2D eigenvalue weighted by atomic mass is 79.9. The Bertz CT molecular complexity index is 873. The van der Waals surface area contributed by atoms with Crippen LogP contribution in [0, 0.1) is 11.8 Å². The summed E-state index contributed by atoms with van der Waals surface area (Å²) in [7, 11) is 0. The van der Waals surface area contributed by atoms with E-state index in [1.807, 2.05) is 21.6 Å². The number of halogens is 1. The van der Waals surface area contributed by atoms with Crippen LogP contribution in [0.2, 0.25) is 0 Å². The lowest BCUT2D eigenvalue weighted by atomic mass is 9.70. The highest BCUT2D eigenvalue weighted by molar-refractivity contribution is 9.09. The van der Waals surface area contributed by atoms with Crippen molar-refractivity contribution in [3.05, 3.63) is 25.3 Å². The maximum Gasteiger partial charge on any atom is 0.247 e. The minimum Gasteiger partial charge on any atom is -0.396 e. The smallest absolute Gasteiger partial charge is 0.247 e. The van der Waals surface area contributed by atoms with Gasteiger partial charge in [0, 0.05) is 49.4 Å². The van der Waals surface area contributed by atoms with Gasteiger partial charge in [0.05, 0.1) is 16.6 Å². The molecule has 6 atom stereocenters. The Morgan fingerprint density at radius 1 is 1.05 bits per heavy atom. The monoisotopic (exact) mass is 611 g/mol. The molecule has 9 heteroatoms. The first-order chi connectivity index (χ1) is 18.3. The molecule has 3 amide bonds. The maximum absolute atomic E-state index is 14.3. The molecule has 3 rings (SSSR count). The standard InChI is InChI=1S/C29H46BrN3O4S/c1-5-9-17-32(16-8-4)28(37)25-29-20-21(30)24(38-29)22(26(35)31(14-6-2)15-7-3)23(29)27(36)33(25)18-12-10-11-13-19-34/h6,8,21-25,34H,2,4-5,7,9-20H2,1,3H3/t21?,22-,23+,24-,25?,29?/m1/s1. The van der Waals surface area contributed by atoms with E-state index in [4.69, 9.17) is 5.11 Å². The van der Waals surface area contributed by atoms with E-state index in [1.54, 1.807) is 23.9 Å². The molecule has 2 bridgehead atoms. The number of carbonyl (C=O) groups excluding carboxylic acids is 3. The molecule has 214 valence electrons. The first-order valence-electron chi connectivity index (χ1n) is 14.3. The molecule has 3 unspecified atom stereocenters. The zero-order valence-corrected chi connectivity index (χ0v) is 25.6. The van der Waals surface area contributed by atoms with Crippen LogP contribution in [-0.2, 0) is 14.4 Å². The Hall–Kier alpha value is -1.32. The van der Waals surface area contributed by atoms with E-state index in [-0.39, 0.29) is 34.4 Å². The molecule has 3 aliphatic heterocycles. The van der Waals surface area contributed by atoms with E-state index in [1.165, 1.54) is 0 Å². The number of rotatable bonds is 17. The highest BCUT2D eigenvalue weighted by Gasteiger charge is 2.75. The molecule has 3 aliphatic rings. The molecular formula is C29H46BrN3O4S. The molecule has 3 fully saturated rings. The van der Waals surface area contributed by atoms with E-state index in [0.717, 1.165) is 44.9 Å². The van der Waals surface area contributed by atoms with Crippen LogP contribution in [0.3, 0.4) is 0 Å². The molecule has 1 spiro atoms. The lowest BCUT2D eigenvalue weighted by Crippen LogP contribution is -2.56. The van der Waals surface area contributed by atoms with Crippen molar-refractivity contribution in [1.29, 1.82) is 0 Å². The van der Waals surface area contributed by atoms with Gasteiger partial charge < -0.3 is 19.8 Å². The normalized spacial score (nSPS) is 29.4. The molecule has 0 aromatic rings. The van der Waals surface area contributed by atoms with Crippen molar-refractivity contribution in [1.82, 2.24) is 14.7 Å². The second kappa shape index (κ2) is 14.4. The average Bonchev–Trinajstić information content (AvgIpc) is 3.49. The molecule has 38 heavy (non-hydrogen) atoms. The number of thioether (sulfide) groups is 1. The van der Waals surface area contributed by atoms with Crippen LogP contribution in [0.4, 0.5) is 0 Å². The SMILES string of the molecule is C=CCN(CCCC)C(=O)C1N(CCCCCCO)C(=O)[C@@H]2[C@@H](C(=O)N(CC=C)CCC)[C@@H]3SC12CC3Br. The summed E-state index contributed by atoms with van der Waals surface area (Å²) in [4.78, 5) is 48.1. The largest absolute Gasteiger partial charge is 0.396 e. The van der Waals surface area contributed by atoms with Gasteiger partial charge in [0.1, 0.15) is 6.04 Å². The van der Waals surface area contributed by atoms with Crippen LogP contribution in [0.5, 0.6) is 0 Å². The second-order valence-electron chi connectivity index (χ2n) is 10.8. The predicted molar refractivity (Wildman–Crippen MR) is 158 cm³/mol. The van der Waals surface area contributed by atoms with E-state index in [9.17, 15) is 14.4 Å². The van der Waals surface area contributed by atoms with Gasteiger partial charge in [0.25, 0.3) is 0 Å². The van der Waals surface area contributed by atoms with E-state index in [0.29, 0.717) is 39.1 Å². The van der Waals surface area contributed by atoms with Crippen molar-refractivity contribution in [2.24, 2.45) is 11.8 Å². The van der Waals surface area contributed by atoms with Gasteiger partial charge in [-0.15, -0.1) is 24.9 Å². The summed E-state index contributed by atoms with van der Waals surface area (Å²) >= 11 is 5.57. The lowest BCUT2D eigenvalue weighted by molar-refractivity contribution is -0.144. The summed E-state index contributed by atoms with van der Waals surface area (Å²) in [6.07, 6.45) is 10.2. The van der Waals surface area contributed by atoms with Crippen molar-refractivity contribution in [2.75, 3.05) is 39.3 Å². The summed E-state index contributed by atoms with van der Waals surface area (Å²) in [5.41, 5.74) is 0. The fourth-order valence-electron chi connectivity index (χ4n) is 6.58. The van der Waals surface area contributed by atoms with Crippen LogP contribution < -0.4 is 0 Å². The molecule has 0 aromatic heterocycles. The Balaban J connectivity index is 1.99. The number of aliphatic hydroxyl groups is 1. The zero-order valence-electron chi connectivity index (χ0n) is 23.2. The number of hydrogen-bond acceptors (Lipinski definition) is 5. The predicted octanol–water partition coefficient (Wildman–Crippen LogP) is 4.24. The minimum absolute atomic E-state index is 0.0120. The van der Waals surface area contributed by atoms with Crippen molar-refractivity contribution in [3.8, 4) is 0 Å². The van der Waals surface area contributed by atoms with Crippen LogP contribution in [0.1, 0.15) is 65.2 Å². The molecule has 3 heterocycles. The third kappa shape index (κ3) is 6.04. The molecule has 0 aliphatic carbocycles. The number of nitrogens with zero attached hydrogens (tertiary/aromatic N) is 3. The van der Waals surface area contributed by atoms with E-state index >= 15 is 0 Å². The number of likely N-dealkylation sites (tertiary alicyclic amines) is 1. The third-order valence-electron chi connectivity index (χ3n) is 8.21. The third-order valence-corrected chi connectivity index (χ3v) is 11.4. The summed E-state index contributed by atoms with van der Waals surface area (Å²) in [6.45, 7) is 14.7. The fraction of sp³-hybridized carbons (Fsp3) is 0.759. The Labute approximate surface area is 241 Å². The number of carbonyl (C=O) groups is 3. The van der Waals surface area contributed by atoms with Crippen LogP contribution in [0.15, 0.2) is 25.3 Å². The number of alkyl halides is 1.